The van der Waals surface area contributed by atoms with Gasteiger partial charge >= 0.3 is 0 Å². The summed E-state index contributed by atoms with van der Waals surface area (Å²) in [5, 5.41) is 0. The van der Waals surface area contributed by atoms with Gasteiger partial charge in [0.2, 0.25) is 0 Å². The monoisotopic (exact) mass is 378 g/mol. The first-order valence-corrected chi connectivity index (χ1v) is 12.3. The van der Waals surface area contributed by atoms with E-state index in [1.807, 2.05) is 0 Å². The van der Waals surface area contributed by atoms with Crippen LogP contribution in [0.3, 0.4) is 0 Å². The minimum Gasteiger partial charge on any atom is -0.0999 e. The van der Waals surface area contributed by atoms with Gasteiger partial charge in [0.15, 0.2) is 0 Å². The van der Waals surface area contributed by atoms with E-state index in [0.29, 0.717) is 11.8 Å². The zero-order chi connectivity index (χ0) is 19.6. The Kier molecular flexibility index (Phi) is 8.98. The largest absolute Gasteiger partial charge is 0.0999 e. The van der Waals surface area contributed by atoms with Crippen molar-refractivity contribution in [1.29, 1.82) is 0 Å². The lowest BCUT2D eigenvalue weighted by atomic mass is 9.69. The zero-order valence-electron chi connectivity index (χ0n) is 18.5. The highest BCUT2D eigenvalue weighted by Gasteiger charge is 2.30. The summed E-state index contributed by atoms with van der Waals surface area (Å²) in [5.41, 5.74) is 1.46. The molecule has 154 valence electrons. The summed E-state index contributed by atoms with van der Waals surface area (Å²) in [4.78, 5) is 0. The van der Waals surface area contributed by atoms with Crippen molar-refractivity contribution < 1.29 is 0 Å². The minimum atomic E-state index is 0.551. The molecule has 28 heavy (non-hydrogen) atoms. The van der Waals surface area contributed by atoms with Crippen LogP contribution in [0, 0.1) is 41.4 Å². The molecule has 0 spiro atoms. The molecule has 1 aromatic carbocycles. The molecule has 1 atom stereocenters. The van der Waals surface area contributed by atoms with E-state index in [-0.39, 0.29) is 0 Å². The fourth-order valence-electron chi connectivity index (χ4n) is 5.68. The summed E-state index contributed by atoms with van der Waals surface area (Å²) in [6, 6.07) is 10.9. The van der Waals surface area contributed by atoms with Crippen molar-refractivity contribution in [3.05, 3.63) is 35.9 Å². The third-order valence-corrected chi connectivity index (χ3v) is 7.51. The van der Waals surface area contributed by atoms with Crippen LogP contribution in [0.5, 0.6) is 0 Å². The minimum absolute atomic E-state index is 0.551. The van der Waals surface area contributed by atoms with Crippen LogP contribution in [-0.2, 0) is 6.42 Å². The highest BCUT2D eigenvalue weighted by molar-refractivity contribution is 5.14. The van der Waals surface area contributed by atoms with E-state index in [4.69, 9.17) is 0 Å². The van der Waals surface area contributed by atoms with Crippen molar-refractivity contribution in [2.45, 2.75) is 97.3 Å². The molecule has 0 amide bonds. The fourth-order valence-corrected chi connectivity index (χ4v) is 5.68. The number of rotatable bonds is 7. The number of hydrogen-bond acceptors (Lipinski definition) is 0. The molecule has 1 unspecified atom stereocenters. The third-order valence-electron chi connectivity index (χ3n) is 7.51. The molecular weight excluding hydrogens is 336 g/mol. The second kappa shape index (κ2) is 11.7. The van der Waals surface area contributed by atoms with Crippen LogP contribution in [-0.4, -0.2) is 0 Å². The van der Waals surface area contributed by atoms with Crippen LogP contribution in [0.15, 0.2) is 30.3 Å². The van der Waals surface area contributed by atoms with E-state index >= 15 is 0 Å². The molecule has 0 aliphatic heterocycles. The van der Waals surface area contributed by atoms with Crippen LogP contribution >= 0.6 is 0 Å². The van der Waals surface area contributed by atoms with Crippen molar-refractivity contribution in [2.24, 2.45) is 29.6 Å². The van der Waals surface area contributed by atoms with Gasteiger partial charge in [0, 0.05) is 11.8 Å². The molecule has 0 radical (unpaired) electrons. The van der Waals surface area contributed by atoms with Crippen molar-refractivity contribution in [3.8, 4) is 11.8 Å². The van der Waals surface area contributed by atoms with Gasteiger partial charge in [-0.1, -0.05) is 81.7 Å². The molecule has 2 aliphatic rings. The van der Waals surface area contributed by atoms with Gasteiger partial charge in [-0.15, -0.1) is 0 Å². The maximum Gasteiger partial charge on any atom is 0.0203 e. The molecule has 0 bridgehead atoms. The molecule has 0 aromatic heterocycles. The Balaban J connectivity index is 1.32. The summed E-state index contributed by atoms with van der Waals surface area (Å²) >= 11 is 0. The van der Waals surface area contributed by atoms with Crippen LogP contribution in [0.1, 0.15) is 96.5 Å². The summed E-state index contributed by atoms with van der Waals surface area (Å²) in [5.74, 6) is 11.6. The molecule has 2 aliphatic carbocycles. The normalized spacial score (nSPS) is 28.9. The predicted octanol–water partition coefficient (Wildman–Crippen LogP) is 8.06. The second-order valence-electron chi connectivity index (χ2n) is 9.75. The van der Waals surface area contributed by atoms with E-state index in [0.717, 1.165) is 17.8 Å². The van der Waals surface area contributed by atoms with Crippen LogP contribution in [0.4, 0.5) is 0 Å². The molecule has 1 aromatic rings. The Morgan fingerprint density at radius 3 is 2.18 bits per heavy atom. The van der Waals surface area contributed by atoms with E-state index in [1.54, 1.807) is 0 Å². The average Bonchev–Trinajstić information content (AvgIpc) is 2.74. The second-order valence-corrected chi connectivity index (χ2v) is 9.75. The Morgan fingerprint density at radius 1 is 0.893 bits per heavy atom. The van der Waals surface area contributed by atoms with Crippen LogP contribution in [0.2, 0.25) is 0 Å². The number of hydrogen-bond donors (Lipinski definition) is 0. The topological polar surface area (TPSA) is 0 Å². The average molecular weight is 379 g/mol. The van der Waals surface area contributed by atoms with Crippen LogP contribution < -0.4 is 0 Å². The van der Waals surface area contributed by atoms with Crippen molar-refractivity contribution in [1.82, 2.24) is 0 Å². The molecule has 2 fully saturated rings. The Hall–Kier alpha value is -1.22. The Morgan fingerprint density at radius 2 is 1.54 bits per heavy atom. The zero-order valence-corrected chi connectivity index (χ0v) is 18.5. The molecule has 0 heteroatoms. The number of benzene rings is 1. The maximum absolute atomic E-state index is 3.67. The Labute approximate surface area is 174 Å². The van der Waals surface area contributed by atoms with Gasteiger partial charge in [0.1, 0.15) is 0 Å². The summed E-state index contributed by atoms with van der Waals surface area (Å²) in [6.07, 6.45) is 18.2. The summed E-state index contributed by atoms with van der Waals surface area (Å²) in [7, 11) is 0. The Bertz CT molecular complexity index is 588. The van der Waals surface area contributed by atoms with Gasteiger partial charge in [-0.3, -0.25) is 0 Å². The predicted molar refractivity (Wildman–Crippen MR) is 122 cm³/mol. The molecule has 0 N–H and O–H groups in total. The van der Waals surface area contributed by atoms with Crippen molar-refractivity contribution >= 4 is 0 Å². The highest BCUT2D eigenvalue weighted by Crippen LogP contribution is 2.42. The lowest BCUT2D eigenvalue weighted by molar-refractivity contribution is 0.154. The first-order chi connectivity index (χ1) is 13.7. The van der Waals surface area contributed by atoms with Gasteiger partial charge in [-0.05, 0) is 81.1 Å². The fraction of sp³-hybridized carbons (Fsp3) is 0.714. The number of aryl methyl sites for hydroxylation is 1. The summed E-state index contributed by atoms with van der Waals surface area (Å²) in [6.45, 7) is 4.66. The maximum atomic E-state index is 3.67. The third kappa shape index (κ3) is 6.99. The van der Waals surface area contributed by atoms with Crippen LogP contribution in [0.25, 0.3) is 0 Å². The van der Waals surface area contributed by atoms with Gasteiger partial charge in [-0.25, -0.2) is 0 Å². The van der Waals surface area contributed by atoms with E-state index in [9.17, 15) is 0 Å². The van der Waals surface area contributed by atoms with E-state index in [1.165, 1.54) is 89.0 Å². The molecule has 0 saturated heterocycles. The lowest BCUT2D eigenvalue weighted by Gasteiger charge is -2.37. The summed E-state index contributed by atoms with van der Waals surface area (Å²) < 4.78 is 0. The molecule has 2 saturated carbocycles. The van der Waals surface area contributed by atoms with Gasteiger partial charge in [-0.2, -0.15) is 0 Å². The van der Waals surface area contributed by atoms with Gasteiger partial charge < -0.3 is 0 Å². The quantitative estimate of drug-likeness (QED) is 0.421. The smallest absolute Gasteiger partial charge is 0.0203 e. The molecular formula is C28H42. The van der Waals surface area contributed by atoms with Crippen molar-refractivity contribution in [3.63, 3.8) is 0 Å². The van der Waals surface area contributed by atoms with Gasteiger partial charge in [0.25, 0.3) is 0 Å². The standard InChI is InChI=1S/C28H42/c1-3-8-24-15-19-27(20-16-24)28-21-17-26(18-22-28)14-13-23(2)9-7-12-25-10-5-4-6-11-25/h4-6,10-11,23-24,26-28H,3,7-9,12,15-22H2,1-2H3/t23?,24-,26?,27-,28?. The molecule has 0 nitrogen and oxygen atoms in total. The SMILES string of the molecule is CCC[C@H]1CC[C@H](C2CCC(C#CC(C)CCCc3ccccc3)CC2)CC1. The highest BCUT2D eigenvalue weighted by atomic mass is 14.3. The first-order valence-electron chi connectivity index (χ1n) is 12.3. The van der Waals surface area contributed by atoms with Crippen molar-refractivity contribution in [2.75, 3.05) is 0 Å². The lowest BCUT2D eigenvalue weighted by Crippen LogP contribution is -2.25. The molecule has 3 rings (SSSR count). The first kappa shape index (κ1) is 21.5. The molecule has 0 heterocycles. The van der Waals surface area contributed by atoms with E-state index in [2.05, 4.69) is 56.0 Å². The van der Waals surface area contributed by atoms with E-state index < -0.39 is 0 Å². The van der Waals surface area contributed by atoms with Gasteiger partial charge in [0.05, 0.1) is 0 Å².